The normalized spacial score (nSPS) is 18.4. The van der Waals surface area contributed by atoms with Gasteiger partial charge in [-0.3, -0.25) is 10.1 Å². The van der Waals surface area contributed by atoms with E-state index in [1.165, 1.54) is 18.2 Å². The second-order valence-corrected chi connectivity index (χ2v) is 5.11. The molecular formula is C13H16ClN3O4. The molecule has 1 saturated heterocycles. The first-order chi connectivity index (χ1) is 10.0. The number of hydrogen-bond donors (Lipinski definition) is 1. The van der Waals surface area contributed by atoms with Crippen molar-refractivity contribution in [2.45, 2.75) is 19.4 Å². The summed E-state index contributed by atoms with van der Waals surface area (Å²) in [5, 5.41) is 13.5. The van der Waals surface area contributed by atoms with Crippen LogP contribution in [-0.4, -0.2) is 41.7 Å². The van der Waals surface area contributed by atoms with Crippen molar-refractivity contribution >= 4 is 29.0 Å². The third-order valence-corrected chi connectivity index (χ3v) is 3.60. The molecule has 1 aromatic carbocycles. The average molecular weight is 314 g/mol. The van der Waals surface area contributed by atoms with Crippen molar-refractivity contribution in [1.82, 2.24) is 4.90 Å². The molecule has 1 N–H and O–H groups in total. The minimum atomic E-state index is -0.583. The molecule has 1 heterocycles. The quantitative estimate of drug-likeness (QED) is 0.687. The molecule has 7 nitrogen and oxygen atoms in total. The maximum atomic E-state index is 12.2. The first-order valence-electron chi connectivity index (χ1n) is 6.62. The maximum Gasteiger partial charge on any atom is 0.322 e. The third-order valence-electron chi connectivity index (χ3n) is 3.28. The van der Waals surface area contributed by atoms with Crippen molar-refractivity contribution in [1.29, 1.82) is 0 Å². The van der Waals surface area contributed by atoms with Crippen molar-refractivity contribution in [3.63, 3.8) is 0 Å². The second-order valence-electron chi connectivity index (χ2n) is 4.70. The molecule has 0 aromatic heterocycles. The molecule has 21 heavy (non-hydrogen) atoms. The summed E-state index contributed by atoms with van der Waals surface area (Å²) in [6, 6.07) is 3.88. The topological polar surface area (TPSA) is 84.7 Å². The van der Waals surface area contributed by atoms with Crippen LogP contribution in [0, 0.1) is 10.1 Å². The van der Waals surface area contributed by atoms with Crippen LogP contribution < -0.4 is 5.32 Å². The van der Waals surface area contributed by atoms with Gasteiger partial charge in [0.1, 0.15) is 5.02 Å². The predicted octanol–water partition coefficient (Wildman–Crippen LogP) is 2.89. The minimum Gasteiger partial charge on any atom is -0.375 e. The van der Waals surface area contributed by atoms with Gasteiger partial charge in [0, 0.05) is 24.8 Å². The second kappa shape index (κ2) is 6.73. The third kappa shape index (κ3) is 3.83. The van der Waals surface area contributed by atoms with Crippen LogP contribution in [0.4, 0.5) is 16.2 Å². The van der Waals surface area contributed by atoms with E-state index in [0.717, 1.165) is 6.42 Å². The number of benzene rings is 1. The lowest BCUT2D eigenvalue weighted by Gasteiger charge is -2.32. The summed E-state index contributed by atoms with van der Waals surface area (Å²) in [7, 11) is 0. The van der Waals surface area contributed by atoms with Gasteiger partial charge in [-0.05, 0) is 18.6 Å². The Morgan fingerprint density at radius 1 is 1.62 bits per heavy atom. The molecule has 0 aliphatic carbocycles. The lowest BCUT2D eigenvalue weighted by Crippen LogP contribution is -2.47. The molecule has 2 amide bonds. The van der Waals surface area contributed by atoms with Gasteiger partial charge < -0.3 is 15.0 Å². The van der Waals surface area contributed by atoms with E-state index in [0.29, 0.717) is 25.4 Å². The molecule has 1 atom stereocenters. The highest BCUT2D eigenvalue weighted by Crippen LogP contribution is 2.27. The number of nitro benzene ring substituents is 1. The van der Waals surface area contributed by atoms with Crippen LogP contribution in [0.5, 0.6) is 0 Å². The standard InChI is InChI=1S/C13H16ClN3O4/c1-2-10-8-16(5-6-21-10)13(18)15-9-3-4-11(14)12(7-9)17(19)20/h3-4,7,10H,2,5-6,8H2,1H3,(H,15,18). The smallest absolute Gasteiger partial charge is 0.322 e. The van der Waals surface area contributed by atoms with E-state index < -0.39 is 4.92 Å². The predicted molar refractivity (Wildman–Crippen MR) is 78.7 cm³/mol. The fourth-order valence-corrected chi connectivity index (χ4v) is 2.27. The summed E-state index contributed by atoms with van der Waals surface area (Å²) in [6.07, 6.45) is 0.861. The van der Waals surface area contributed by atoms with Crippen LogP contribution in [0.2, 0.25) is 5.02 Å². The highest BCUT2D eigenvalue weighted by atomic mass is 35.5. The van der Waals surface area contributed by atoms with Crippen LogP contribution in [-0.2, 0) is 4.74 Å². The van der Waals surface area contributed by atoms with Gasteiger partial charge in [0.15, 0.2) is 0 Å². The number of rotatable bonds is 3. The van der Waals surface area contributed by atoms with Gasteiger partial charge in [0.25, 0.3) is 5.69 Å². The zero-order valence-electron chi connectivity index (χ0n) is 11.5. The molecule has 0 bridgehead atoms. The number of ether oxygens (including phenoxy) is 1. The van der Waals surface area contributed by atoms with Gasteiger partial charge in [-0.2, -0.15) is 0 Å². The van der Waals surface area contributed by atoms with Gasteiger partial charge in [0.05, 0.1) is 17.6 Å². The molecule has 1 fully saturated rings. The van der Waals surface area contributed by atoms with Crippen LogP contribution >= 0.6 is 11.6 Å². The largest absolute Gasteiger partial charge is 0.375 e. The van der Waals surface area contributed by atoms with Crippen molar-refractivity contribution < 1.29 is 14.5 Å². The van der Waals surface area contributed by atoms with Gasteiger partial charge >= 0.3 is 6.03 Å². The molecule has 8 heteroatoms. The first-order valence-corrected chi connectivity index (χ1v) is 7.00. The fraction of sp³-hybridized carbons (Fsp3) is 0.462. The number of urea groups is 1. The Labute approximate surface area is 127 Å². The molecule has 114 valence electrons. The van der Waals surface area contributed by atoms with E-state index in [1.54, 1.807) is 4.90 Å². The molecule has 0 spiro atoms. The number of halogens is 1. The number of nitrogens with one attached hydrogen (secondary N) is 1. The monoisotopic (exact) mass is 313 g/mol. The van der Waals surface area contributed by atoms with Crippen LogP contribution in [0.1, 0.15) is 13.3 Å². The van der Waals surface area contributed by atoms with Gasteiger partial charge in [0.2, 0.25) is 0 Å². The molecule has 0 radical (unpaired) electrons. The molecule has 1 aliphatic rings. The zero-order valence-corrected chi connectivity index (χ0v) is 12.3. The van der Waals surface area contributed by atoms with Crippen molar-refractivity contribution in [3.05, 3.63) is 33.3 Å². The van der Waals surface area contributed by atoms with E-state index in [9.17, 15) is 14.9 Å². The summed E-state index contributed by atoms with van der Waals surface area (Å²) in [4.78, 5) is 24.0. The van der Waals surface area contributed by atoms with Crippen LogP contribution in [0.15, 0.2) is 18.2 Å². The molecule has 1 unspecified atom stereocenters. The molecule has 2 rings (SSSR count). The Balaban J connectivity index is 2.05. The van der Waals surface area contributed by atoms with Gasteiger partial charge in [-0.15, -0.1) is 0 Å². The summed E-state index contributed by atoms with van der Waals surface area (Å²) in [5.41, 5.74) is 0.110. The number of nitro groups is 1. The zero-order chi connectivity index (χ0) is 15.4. The van der Waals surface area contributed by atoms with E-state index in [2.05, 4.69) is 5.32 Å². The maximum absolute atomic E-state index is 12.2. The van der Waals surface area contributed by atoms with E-state index in [1.807, 2.05) is 6.92 Å². The average Bonchev–Trinajstić information content (AvgIpc) is 2.49. The Kier molecular flexibility index (Phi) is 4.98. The van der Waals surface area contributed by atoms with Crippen molar-refractivity contribution in [2.24, 2.45) is 0 Å². The van der Waals surface area contributed by atoms with Crippen molar-refractivity contribution in [3.8, 4) is 0 Å². The SMILES string of the molecule is CCC1CN(C(=O)Nc2ccc(Cl)c([N+](=O)[O-])c2)CCO1. The summed E-state index contributed by atoms with van der Waals surface area (Å²) < 4.78 is 5.50. The molecule has 1 aliphatic heterocycles. The highest BCUT2D eigenvalue weighted by Gasteiger charge is 2.23. The Bertz CT molecular complexity index is 552. The highest BCUT2D eigenvalue weighted by molar-refractivity contribution is 6.32. The number of morpholine rings is 1. The molecule has 1 aromatic rings. The van der Waals surface area contributed by atoms with E-state index >= 15 is 0 Å². The number of anilines is 1. The van der Waals surface area contributed by atoms with Crippen LogP contribution in [0.3, 0.4) is 0 Å². The summed E-state index contributed by atoms with van der Waals surface area (Å²) in [5.74, 6) is 0. The number of carbonyl (C=O) groups is 1. The summed E-state index contributed by atoms with van der Waals surface area (Å²) >= 11 is 5.73. The summed E-state index contributed by atoms with van der Waals surface area (Å²) in [6.45, 7) is 3.50. The van der Waals surface area contributed by atoms with E-state index in [4.69, 9.17) is 16.3 Å². The number of nitrogens with zero attached hydrogens (tertiary/aromatic N) is 2. The molecular weight excluding hydrogens is 298 g/mol. The number of carbonyl (C=O) groups excluding carboxylic acids is 1. The van der Waals surface area contributed by atoms with Gasteiger partial charge in [-0.25, -0.2) is 4.79 Å². The first kappa shape index (κ1) is 15.5. The number of hydrogen-bond acceptors (Lipinski definition) is 4. The fourth-order valence-electron chi connectivity index (χ4n) is 2.08. The van der Waals surface area contributed by atoms with Crippen molar-refractivity contribution in [2.75, 3.05) is 25.0 Å². The Morgan fingerprint density at radius 3 is 3.05 bits per heavy atom. The Morgan fingerprint density at radius 2 is 2.38 bits per heavy atom. The minimum absolute atomic E-state index is 0.0315. The van der Waals surface area contributed by atoms with Crippen LogP contribution in [0.25, 0.3) is 0 Å². The lowest BCUT2D eigenvalue weighted by molar-refractivity contribution is -0.384. The lowest BCUT2D eigenvalue weighted by atomic mass is 10.2. The van der Waals surface area contributed by atoms with E-state index in [-0.39, 0.29) is 22.8 Å². The van der Waals surface area contributed by atoms with Gasteiger partial charge in [-0.1, -0.05) is 18.5 Å². The molecule has 0 saturated carbocycles. The Hall–Kier alpha value is -1.86. The number of amides is 2.